The Morgan fingerprint density at radius 1 is 1.63 bits per heavy atom. The van der Waals surface area contributed by atoms with E-state index in [4.69, 9.17) is 11.6 Å². The predicted molar refractivity (Wildman–Crippen MR) is 73.5 cm³/mol. The smallest absolute Gasteiger partial charge is 0.411 e. The first-order chi connectivity index (χ1) is 9.04. The van der Waals surface area contributed by atoms with E-state index >= 15 is 0 Å². The van der Waals surface area contributed by atoms with Crippen molar-refractivity contribution in [2.45, 2.75) is 12.8 Å². The van der Waals surface area contributed by atoms with E-state index in [2.05, 4.69) is 4.98 Å². The zero-order chi connectivity index (χ0) is 13.7. The number of alkyl halides is 1. The van der Waals surface area contributed by atoms with E-state index in [1.807, 2.05) is 6.92 Å². The highest BCUT2D eigenvalue weighted by atomic mass is 35.5. The number of hydrogen-bond acceptors (Lipinski definition) is 2. The second-order valence-electron chi connectivity index (χ2n) is 4.79. The number of phenols is 1. The fraction of sp³-hybridized carbons (Fsp3) is 0.308. The van der Waals surface area contributed by atoms with Crippen molar-refractivity contribution in [3.05, 3.63) is 23.4 Å². The summed E-state index contributed by atoms with van der Waals surface area (Å²) < 4.78 is 0. The van der Waals surface area contributed by atoms with Gasteiger partial charge >= 0.3 is 6.09 Å². The fourth-order valence-corrected chi connectivity index (χ4v) is 3.08. The largest absolute Gasteiger partial charge is 0.506 e. The number of aromatic amines is 1. The molecule has 19 heavy (non-hydrogen) atoms. The molecular weight excluding hydrogens is 268 g/mol. The number of aryl methyl sites for hydroxylation is 1. The van der Waals surface area contributed by atoms with Crippen LogP contribution in [0.25, 0.3) is 10.9 Å². The highest BCUT2D eigenvalue weighted by Crippen LogP contribution is 2.45. The topological polar surface area (TPSA) is 76.6 Å². The van der Waals surface area contributed by atoms with Crippen molar-refractivity contribution in [2.75, 3.05) is 17.3 Å². The van der Waals surface area contributed by atoms with Crippen LogP contribution in [0.15, 0.2) is 12.3 Å². The van der Waals surface area contributed by atoms with E-state index in [-0.39, 0.29) is 11.7 Å². The van der Waals surface area contributed by atoms with Gasteiger partial charge in [-0.25, -0.2) is 4.79 Å². The Morgan fingerprint density at radius 3 is 3.00 bits per heavy atom. The fourth-order valence-electron chi connectivity index (χ4n) is 2.83. The lowest BCUT2D eigenvalue weighted by atomic mass is 9.97. The lowest BCUT2D eigenvalue weighted by Crippen LogP contribution is -2.28. The van der Waals surface area contributed by atoms with Crippen LogP contribution in [0.4, 0.5) is 10.5 Å². The molecule has 6 heteroatoms. The molecule has 0 saturated carbocycles. The van der Waals surface area contributed by atoms with Crippen LogP contribution in [0.1, 0.15) is 17.0 Å². The van der Waals surface area contributed by atoms with Crippen LogP contribution >= 0.6 is 11.6 Å². The van der Waals surface area contributed by atoms with Crippen molar-refractivity contribution in [3.63, 3.8) is 0 Å². The molecule has 0 bridgehead atoms. The van der Waals surface area contributed by atoms with Gasteiger partial charge in [0.2, 0.25) is 0 Å². The van der Waals surface area contributed by atoms with Crippen LogP contribution in [-0.4, -0.2) is 33.7 Å². The van der Waals surface area contributed by atoms with Crippen LogP contribution in [0.2, 0.25) is 0 Å². The van der Waals surface area contributed by atoms with E-state index in [1.165, 1.54) is 11.0 Å². The Hall–Kier alpha value is -1.88. The lowest BCUT2D eigenvalue weighted by Gasteiger charge is -2.13. The number of nitrogens with one attached hydrogen (secondary N) is 1. The van der Waals surface area contributed by atoms with Crippen LogP contribution in [0.5, 0.6) is 5.75 Å². The van der Waals surface area contributed by atoms with E-state index < -0.39 is 6.09 Å². The number of amides is 1. The second-order valence-corrected chi connectivity index (χ2v) is 5.10. The summed E-state index contributed by atoms with van der Waals surface area (Å²) >= 11 is 5.97. The van der Waals surface area contributed by atoms with Gasteiger partial charge in [0.1, 0.15) is 5.75 Å². The summed E-state index contributed by atoms with van der Waals surface area (Å²) in [6.07, 6.45) is 0.778. The maximum absolute atomic E-state index is 11.3. The first kappa shape index (κ1) is 12.2. The minimum Gasteiger partial charge on any atom is -0.506 e. The molecule has 0 radical (unpaired) electrons. The summed E-state index contributed by atoms with van der Waals surface area (Å²) in [4.78, 5) is 15.5. The Labute approximate surface area is 114 Å². The van der Waals surface area contributed by atoms with Crippen LogP contribution in [0.3, 0.4) is 0 Å². The average Bonchev–Trinajstić information content (AvgIpc) is 2.90. The SMILES string of the molecule is Cc1c[nH]c2c(O)cc3c(c12)C(CCl)CN3C(=O)O. The molecule has 5 nitrogen and oxygen atoms in total. The number of carboxylic acid groups (broad SMARTS) is 1. The molecule has 0 fully saturated rings. The molecule has 1 aromatic heterocycles. The Balaban J connectivity index is 2.37. The molecular formula is C13H13ClN2O3. The minimum atomic E-state index is -1.03. The number of fused-ring (bicyclic) bond motifs is 3. The third-order valence-electron chi connectivity index (χ3n) is 3.67. The van der Waals surface area contributed by atoms with Crippen molar-refractivity contribution >= 4 is 34.3 Å². The van der Waals surface area contributed by atoms with Crippen LogP contribution in [-0.2, 0) is 0 Å². The molecule has 2 aromatic rings. The standard InChI is InChI=1S/C13H13ClN2O3/c1-6-4-15-12-9(17)2-8-11(10(6)12)7(3-14)5-16(8)13(18)19/h2,4,7,15,17H,3,5H2,1H3,(H,18,19). The summed E-state index contributed by atoms with van der Waals surface area (Å²) in [6.45, 7) is 2.25. The molecule has 1 aliphatic rings. The molecule has 3 rings (SSSR count). The van der Waals surface area contributed by atoms with Gasteiger partial charge in [-0.3, -0.25) is 4.90 Å². The summed E-state index contributed by atoms with van der Waals surface area (Å²) in [7, 11) is 0. The number of carbonyl (C=O) groups is 1. The molecule has 1 atom stereocenters. The molecule has 1 aliphatic heterocycles. The van der Waals surface area contributed by atoms with Gasteiger partial charge in [-0.1, -0.05) is 0 Å². The number of aromatic hydroxyl groups is 1. The van der Waals surface area contributed by atoms with Gasteiger partial charge in [-0.05, 0) is 18.1 Å². The van der Waals surface area contributed by atoms with Crippen molar-refractivity contribution < 1.29 is 15.0 Å². The first-order valence-electron chi connectivity index (χ1n) is 5.94. The third-order valence-corrected chi connectivity index (χ3v) is 4.04. The number of phenolic OH excluding ortho intramolecular Hbond substituents is 1. The van der Waals surface area contributed by atoms with Crippen molar-refractivity contribution in [3.8, 4) is 5.75 Å². The highest BCUT2D eigenvalue weighted by molar-refractivity contribution is 6.19. The maximum Gasteiger partial charge on any atom is 0.411 e. The van der Waals surface area contributed by atoms with Crippen LogP contribution in [0, 0.1) is 6.92 Å². The van der Waals surface area contributed by atoms with E-state index in [0.717, 1.165) is 16.5 Å². The van der Waals surface area contributed by atoms with Gasteiger partial charge in [0, 0.05) is 36.0 Å². The summed E-state index contributed by atoms with van der Waals surface area (Å²) in [5, 5.41) is 20.2. The van der Waals surface area contributed by atoms with Gasteiger partial charge in [0.15, 0.2) is 0 Å². The molecule has 1 amide bonds. The third kappa shape index (κ3) is 1.58. The molecule has 2 heterocycles. The van der Waals surface area contributed by atoms with Gasteiger partial charge in [-0.2, -0.15) is 0 Å². The number of nitrogens with zero attached hydrogens (tertiary/aromatic N) is 1. The summed E-state index contributed by atoms with van der Waals surface area (Å²) in [6, 6.07) is 1.49. The van der Waals surface area contributed by atoms with Crippen molar-refractivity contribution in [2.24, 2.45) is 0 Å². The van der Waals surface area contributed by atoms with Crippen molar-refractivity contribution in [1.29, 1.82) is 0 Å². The molecule has 0 spiro atoms. The second kappa shape index (κ2) is 4.06. The first-order valence-corrected chi connectivity index (χ1v) is 6.48. The molecule has 100 valence electrons. The molecule has 1 aromatic carbocycles. The van der Waals surface area contributed by atoms with Crippen molar-refractivity contribution in [1.82, 2.24) is 4.98 Å². The van der Waals surface area contributed by atoms with E-state index in [0.29, 0.717) is 23.6 Å². The number of anilines is 1. The van der Waals surface area contributed by atoms with Gasteiger partial charge in [-0.15, -0.1) is 11.6 Å². The molecule has 1 unspecified atom stereocenters. The summed E-state index contributed by atoms with van der Waals surface area (Å²) in [5.74, 6) is 0.357. The number of H-pyrrole nitrogens is 1. The Bertz CT molecular complexity index is 680. The number of benzene rings is 1. The van der Waals surface area contributed by atoms with Crippen LogP contribution < -0.4 is 4.90 Å². The predicted octanol–water partition coefficient (Wildman–Crippen LogP) is 3.00. The van der Waals surface area contributed by atoms with E-state index in [9.17, 15) is 15.0 Å². The minimum absolute atomic E-state index is 0.0506. The monoisotopic (exact) mass is 280 g/mol. The molecule has 3 N–H and O–H groups in total. The number of rotatable bonds is 1. The van der Waals surface area contributed by atoms with Gasteiger partial charge in [0.05, 0.1) is 11.2 Å². The maximum atomic E-state index is 11.3. The average molecular weight is 281 g/mol. The Kier molecular flexibility index (Phi) is 2.60. The number of halogens is 1. The zero-order valence-electron chi connectivity index (χ0n) is 10.3. The highest BCUT2D eigenvalue weighted by Gasteiger charge is 2.35. The molecule has 0 aliphatic carbocycles. The normalized spacial score (nSPS) is 18.0. The number of aromatic nitrogens is 1. The van der Waals surface area contributed by atoms with E-state index in [1.54, 1.807) is 6.20 Å². The van der Waals surface area contributed by atoms with Gasteiger partial charge < -0.3 is 15.2 Å². The Morgan fingerprint density at radius 2 is 2.37 bits per heavy atom. The number of hydrogen-bond donors (Lipinski definition) is 3. The zero-order valence-corrected chi connectivity index (χ0v) is 11.0. The molecule has 0 saturated heterocycles. The van der Waals surface area contributed by atoms with Gasteiger partial charge in [0.25, 0.3) is 0 Å². The lowest BCUT2D eigenvalue weighted by molar-refractivity contribution is 0.202. The summed E-state index contributed by atoms with van der Waals surface area (Å²) in [5.41, 5.74) is 3.05. The quantitative estimate of drug-likeness (QED) is 0.703.